The summed E-state index contributed by atoms with van der Waals surface area (Å²) in [5.41, 5.74) is 6.84. The third-order valence-corrected chi connectivity index (χ3v) is 4.43. The van der Waals surface area contributed by atoms with Crippen molar-refractivity contribution < 1.29 is 4.74 Å². The minimum absolute atomic E-state index is 0. The summed E-state index contributed by atoms with van der Waals surface area (Å²) in [6.07, 6.45) is 6.56. The fourth-order valence-corrected chi connectivity index (χ4v) is 2.98. The minimum atomic E-state index is 0. The number of anilines is 1. The maximum absolute atomic E-state index is 5.98. The summed E-state index contributed by atoms with van der Waals surface area (Å²) >= 11 is 0. The number of hydrogen-bond donors (Lipinski definition) is 2. The van der Waals surface area contributed by atoms with Crippen LogP contribution in [0, 0.1) is 11.8 Å². The number of guanidine groups is 1. The SMILES string of the molecule is CCC1CCC(CN=C(N)Nc2ccccc2OC)CC1.I. The summed E-state index contributed by atoms with van der Waals surface area (Å²) in [7, 11) is 1.65. The first-order valence-corrected chi connectivity index (χ1v) is 7.92. The number of nitrogens with zero attached hydrogens (tertiary/aromatic N) is 1. The summed E-state index contributed by atoms with van der Waals surface area (Å²) in [4.78, 5) is 4.50. The second-order valence-electron chi connectivity index (χ2n) is 5.85. The van der Waals surface area contributed by atoms with E-state index >= 15 is 0 Å². The highest BCUT2D eigenvalue weighted by Gasteiger charge is 2.19. The molecule has 1 aromatic rings. The standard InChI is InChI=1S/C17H27N3O.HI/c1-3-13-8-10-14(11-9-13)12-19-17(18)20-15-6-4-5-7-16(15)21-2;/h4-7,13-14H,3,8-12H2,1-2H3,(H3,18,19,20);1H. The molecule has 5 heteroatoms. The van der Waals surface area contributed by atoms with Crippen molar-refractivity contribution in [2.45, 2.75) is 39.0 Å². The normalized spacial score (nSPS) is 21.8. The average Bonchev–Trinajstić information content (AvgIpc) is 2.54. The Bertz CT molecular complexity index is 471. The molecule has 0 bridgehead atoms. The summed E-state index contributed by atoms with van der Waals surface area (Å²) in [6, 6.07) is 7.73. The van der Waals surface area contributed by atoms with Crippen LogP contribution in [0.25, 0.3) is 0 Å². The summed E-state index contributed by atoms with van der Waals surface area (Å²) in [5.74, 6) is 2.86. The van der Waals surface area contributed by atoms with E-state index < -0.39 is 0 Å². The molecule has 0 spiro atoms. The Balaban J connectivity index is 0.00000242. The summed E-state index contributed by atoms with van der Waals surface area (Å²) in [5, 5.41) is 3.12. The molecule has 1 aliphatic carbocycles. The Morgan fingerprint density at radius 2 is 1.86 bits per heavy atom. The van der Waals surface area contributed by atoms with Crippen LogP contribution in [-0.4, -0.2) is 19.6 Å². The Morgan fingerprint density at radius 3 is 2.50 bits per heavy atom. The first kappa shape index (κ1) is 19.1. The molecule has 1 saturated carbocycles. The zero-order chi connectivity index (χ0) is 15.1. The molecule has 0 heterocycles. The molecule has 0 saturated heterocycles. The number of halogens is 1. The fraction of sp³-hybridized carbons (Fsp3) is 0.588. The predicted octanol–water partition coefficient (Wildman–Crippen LogP) is 4.26. The first-order valence-electron chi connectivity index (χ1n) is 7.92. The van der Waals surface area contributed by atoms with Crippen molar-refractivity contribution in [2.75, 3.05) is 19.0 Å². The molecule has 2 rings (SSSR count). The lowest BCUT2D eigenvalue weighted by Crippen LogP contribution is -2.25. The molecule has 124 valence electrons. The van der Waals surface area contributed by atoms with E-state index in [1.165, 1.54) is 32.1 Å². The van der Waals surface area contributed by atoms with Gasteiger partial charge in [0.2, 0.25) is 0 Å². The van der Waals surface area contributed by atoms with Gasteiger partial charge in [-0.05, 0) is 36.8 Å². The van der Waals surface area contributed by atoms with E-state index in [0.717, 1.165) is 23.9 Å². The van der Waals surface area contributed by atoms with E-state index in [9.17, 15) is 0 Å². The molecule has 4 nitrogen and oxygen atoms in total. The number of methoxy groups -OCH3 is 1. The molecule has 0 aliphatic heterocycles. The molecule has 0 unspecified atom stereocenters. The van der Waals surface area contributed by atoms with Gasteiger partial charge in [0.15, 0.2) is 5.96 Å². The third kappa shape index (κ3) is 5.66. The van der Waals surface area contributed by atoms with Crippen molar-refractivity contribution in [3.63, 3.8) is 0 Å². The van der Waals surface area contributed by atoms with E-state index in [1.807, 2.05) is 24.3 Å². The number of nitrogens with one attached hydrogen (secondary N) is 1. The smallest absolute Gasteiger partial charge is 0.193 e. The average molecular weight is 417 g/mol. The van der Waals surface area contributed by atoms with Crippen molar-refractivity contribution >= 4 is 35.6 Å². The molecule has 1 aliphatic rings. The molecule has 0 radical (unpaired) electrons. The Hall–Kier alpha value is -0.980. The highest BCUT2D eigenvalue weighted by Crippen LogP contribution is 2.30. The Labute approximate surface area is 150 Å². The zero-order valence-corrected chi connectivity index (χ0v) is 15.9. The molecule has 0 amide bonds. The third-order valence-electron chi connectivity index (χ3n) is 4.43. The van der Waals surface area contributed by atoms with Gasteiger partial charge in [-0.15, -0.1) is 24.0 Å². The number of hydrogen-bond acceptors (Lipinski definition) is 2. The van der Waals surface area contributed by atoms with Crippen LogP contribution < -0.4 is 15.8 Å². The summed E-state index contributed by atoms with van der Waals surface area (Å²) < 4.78 is 5.29. The highest BCUT2D eigenvalue weighted by atomic mass is 127. The molecule has 22 heavy (non-hydrogen) atoms. The molecular weight excluding hydrogens is 389 g/mol. The largest absolute Gasteiger partial charge is 0.495 e. The van der Waals surface area contributed by atoms with E-state index in [-0.39, 0.29) is 24.0 Å². The van der Waals surface area contributed by atoms with Gasteiger partial charge in [-0.2, -0.15) is 0 Å². The Morgan fingerprint density at radius 1 is 1.23 bits per heavy atom. The monoisotopic (exact) mass is 417 g/mol. The van der Waals surface area contributed by atoms with Crippen molar-refractivity contribution in [1.29, 1.82) is 0 Å². The lowest BCUT2D eigenvalue weighted by atomic mass is 9.81. The molecule has 1 fully saturated rings. The maximum atomic E-state index is 5.98. The second kappa shape index (κ2) is 9.92. The molecule has 0 atom stereocenters. The van der Waals surface area contributed by atoms with Crippen molar-refractivity contribution in [3.05, 3.63) is 24.3 Å². The van der Waals surface area contributed by atoms with Gasteiger partial charge >= 0.3 is 0 Å². The molecule has 1 aromatic carbocycles. The maximum Gasteiger partial charge on any atom is 0.193 e. The minimum Gasteiger partial charge on any atom is -0.495 e. The summed E-state index contributed by atoms with van der Waals surface area (Å²) in [6.45, 7) is 3.11. The van der Waals surface area contributed by atoms with Crippen molar-refractivity contribution in [3.8, 4) is 5.75 Å². The number of benzene rings is 1. The van der Waals surface area contributed by atoms with Crippen LogP contribution in [0.5, 0.6) is 5.75 Å². The van der Waals surface area contributed by atoms with E-state index in [2.05, 4.69) is 17.2 Å². The second-order valence-corrected chi connectivity index (χ2v) is 5.85. The van der Waals surface area contributed by atoms with Crippen LogP contribution in [-0.2, 0) is 0 Å². The van der Waals surface area contributed by atoms with Gasteiger partial charge in [-0.1, -0.05) is 38.3 Å². The van der Waals surface area contributed by atoms with E-state index in [0.29, 0.717) is 11.9 Å². The lowest BCUT2D eigenvalue weighted by Gasteiger charge is -2.26. The topological polar surface area (TPSA) is 59.6 Å². The lowest BCUT2D eigenvalue weighted by molar-refractivity contribution is 0.274. The van der Waals surface area contributed by atoms with Crippen LogP contribution in [0.15, 0.2) is 29.3 Å². The van der Waals surface area contributed by atoms with Gasteiger partial charge in [0, 0.05) is 6.54 Å². The van der Waals surface area contributed by atoms with E-state index in [1.54, 1.807) is 7.11 Å². The first-order chi connectivity index (χ1) is 10.2. The zero-order valence-electron chi connectivity index (χ0n) is 13.5. The number of ether oxygens (including phenoxy) is 1. The van der Waals surface area contributed by atoms with Gasteiger partial charge in [0.1, 0.15) is 5.75 Å². The van der Waals surface area contributed by atoms with Crippen LogP contribution in [0.3, 0.4) is 0 Å². The van der Waals surface area contributed by atoms with Crippen LogP contribution in [0.4, 0.5) is 5.69 Å². The van der Waals surface area contributed by atoms with E-state index in [4.69, 9.17) is 10.5 Å². The Kier molecular flexibility index (Phi) is 8.60. The van der Waals surface area contributed by atoms with Gasteiger partial charge in [0.25, 0.3) is 0 Å². The number of aliphatic imine (C=N–C) groups is 1. The van der Waals surface area contributed by atoms with Crippen molar-refractivity contribution in [1.82, 2.24) is 0 Å². The highest BCUT2D eigenvalue weighted by molar-refractivity contribution is 14.0. The predicted molar refractivity (Wildman–Crippen MR) is 104 cm³/mol. The van der Waals surface area contributed by atoms with Gasteiger partial charge in [-0.25, -0.2) is 0 Å². The quantitative estimate of drug-likeness (QED) is 0.428. The van der Waals surface area contributed by atoms with Crippen molar-refractivity contribution in [2.24, 2.45) is 22.6 Å². The van der Waals surface area contributed by atoms with Crippen LogP contribution in [0.1, 0.15) is 39.0 Å². The molecule has 0 aromatic heterocycles. The number of rotatable bonds is 5. The fourth-order valence-electron chi connectivity index (χ4n) is 2.98. The number of nitrogens with two attached hydrogens (primary N) is 1. The van der Waals surface area contributed by atoms with Crippen LogP contribution in [0.2, 0.25) is 0 Å². The van der Waals surface area contributed by atoms with Crippen LogP contribution >= 0.6 is 24.0 Å². The molecule has 3 N–H and O–H groups in total. The van der Waals surface area contributed by atoms with Gasteiger partial charge in [-0.3, -0.25) is 4.99 Å². The molecular formula is C17H28IN3O. The number of para-hydroxylation sites is 2. The van der Waals surface area contributed by atoms with Gasteiger partial charge < -0.3 is 15.8 Å². The van der Waals surface area contributed by atoms with Gasteiger partial charge in [0.05, 0.1) is 12.8 Å².